The maximum Gasteiger partial charge on any atom is 0.263 e. The third kappa shape index (κ3) is 5.60. The molecule has 0 bridgehead atoms. The van der Waals surface area contributed by atoms with Crippen LogP contribution in [-0.2, 0) is 15.1 Å². The van der Waals surface area contributed by atoms with Gasteiger partial charge < -0.3 is 14.7 Å². The van der Waals surface area contributed by atoms with Crippen LogP contribution < -0.4 is 0 Å². The average molecular weight is 669 g/mol. The molecular formula is C35H43Cl2N5O2S. The van der Waals surface area contributed by atoms with Gasteiger partial charge in [0.2, 0.25) is 5.91 Å². The number of hydrogen-bond donors (Lipinski definition) is 0. The second-order valence-electron chi connectivity index (χ2n) is 14.0. The van der Waals surface area contributed by atoms with Gasteiger partial charge in [-0.2, -0.15) is 0 Å². The van der Waals surface area contributed by atoms with Crippen LogP contribution in [0.25, 0.3) is 0 Å². The zero-order valence-electron chi connectivity index (χ0n) is 27.2. The molecule has 2 aromatic carbocycles. The van der Waals surface area contributed by atoms with Crippen LogP contribution in [0.5, 0.6) is 0 Å². The van der Waals surface area contributed by atoms with Crippen molar-refractivity contribution in [3.8, 4) is 0 Å². The Morgan fingerprint density at radius 3 is 2.18 bits per heavy atom. The van der Waals surface area contributed by atoms with Crippen LogP contribution in [0.15, 0.2) is 64.1 Å². The molecule has 45 heavy (non-hydrogen) atoms. The molecule has 2 saturated heterocycles. The summed E-state index contributed by atoms with van der Waals surface area (Å²) in [5.41, 5.74) is 2.30. The van der Waals surface area contributed by atoms with Crippen molar-refractivity contribution in [1.29, 1.82) is 0 Å². The Labute approximate surface area is 281 Å². The Balaban J connectivity index is 1.38. The molecule has 4 atom stereocenters. The predicted molar refractivity (Wildman–Crippen MR) is 184 cm³/mol. The lowest BCUT2D eigenvalue weighted by atomic mass is 9.81. The van der Waals surface area contributed by atoms with Gasteiger partial charge in [-0.05, 0) is 101 Å². The van der Waals surface area contributed by atoms with E-state index in [0.717, 1.165) is 35.0 Å². The summed E-state index contributed by atoms with van der Waals surface area (Å²) in [5, 5.41) is 2.14. The first-order valence-electron chi connectivity index (χ1n) is 15.9. The van der Waals surface area contributed by atoms with Crippen LogP contribution in [0.4, 0.5) is 0 Å². The highest BCUT2D eigenvalue weighted by molar-refractivity contribution is 8.18. The van der Waals surface area contributed by atoms with Crippen molar-refractivity contribution >= 4 is 51.9 Å². The lowest BCUT2D eigenvalue weighted by Crippen LogP contribution is -2.61. The standard InChI is InChI=1S/C35H43Cl2N5O2S/c1-21(2)28-29(32(44)41-22(3)8-17-27(41)31(43)40-19-18-39(7)34(4,5)20-40)45-33-38-35(6,24-11-15-26(37)16-12-24)30(42(28)33)23-9-13-25(36)14-10-23/h9-16,21-22,27,30H,8,17-20H2,1-7H3/t22-,27+,30?,35?/m1/s1. The molecule has 4 heterocycles. The number of thioether (sulfide) groups is 1. The van der Waals surface area contributed by atoms with Crippen LogP contribution in [0.2, 0.25) is 10.0 Å². The number of carbonyl (C=O) groups is 2. The van der Waals surface area contributed by atoms with Gasteiger partial charge in [0, 0.05) is 47.0 Å². The number of likely N-dealkylation sites (N-methyl/N-ethyl adjacent to an activating group) is 1. The zero-order valence-corrected chi connectivity index (χ0v) is 29.5. The molecule has 0 aromatic heterocycles. The van der Waals surface area contributed by atoms with E-state index in [1.165, 1.54) is 11.8 Å². The van der Waals surface area contributed by atoms with Crippen LogP contribution >= 0.6 is 35.0 Å². The lowest BCUT2D eigenvalue weighted by Gasteiger charge is -2.46. The summed E-state index contributed by atoms with van der Waals surface area (Å²) < 4.78 is 0. The molecule has 7 nitrogen and oxygen atoms in total. The van der Waals surface area contributed by atoms with Gasteiger partial charge in [0.05, 0.1) is 6.04 Å². The first kappa shape index (κ1) is 32.4. The van der Waals surface area contributed by atoms with Gasteiger partial charge in [0.1, 0.15) is 16.5 Å². The molecule has 2 fully saturated rings. The fraction of sp³-hybridized carbons (Fsp3) is 0.514. The molecule has 2 aromatic rings. The Hall–Kier alpha value is -2.52. The number of fused-ring (bicyclic) bond motifs is 1. The van der Waals surface area contributed by atoms with Crippen molar-refractivity contribution in [2.45, 2.75) is 83.6 Å². The molecule has 0 saturated carbocycles. The van der Waals surface area contributed by atoms with Crippen LogP contribution in [0, 0.1) is 5.92 Å². The zero-order chi connectivity index (χ0) is 32.4. The average Bonchev–Trinajstić information content (AvgIpc) is 3.64. The van der Waals surface area contributed by atoms with Crippen LogP contribution in [0.1, 0.15) is 71.6 Å². The number of carbonyl (C=O) groups excluding carboxylic acids is 2. The number of hydrogen-bond acceptors (Lipinski definition) is 6. The number of amides is 2. The molecule has 2 amide bonds. The summed E-state index contributed by atoms with van der Waals surface area (Å²) in [6.07, 6.45) is 1.49. The topological polar surface area (TPSA) is 59.5 Å². The maximum atomic E-state index is 14.7. The normalized spacial score (nSPS) is 28.3. The van der Waals surface area contributed by atoms with Crippen molar-refractivity contribution in [2.24, 2.45) is 10.9 Å². The van der Waals surface area contributed by atoms with E-state index in [-0.39, 0.29) is 35.4 Å². The van der Waals surface area contributed by atoms with Crippen molar-refractivity contribution in [2.75, 3.05) is 26.7 Å². The van der Waals surface area contributed by atoms with Crippen LogP contribution in [0.3, 0.4) is 0 Å². The van der Waals surface area contributed by atoms with Crippen molar-refractivity contribution in [3.05, 3.63) is 80.3 Å². The van der Waals surface area contributed by atoms with Crippen molar-refractivity contribution in [1.82, 2.24) is 19.6 Å². The molecule has 10 heteroatoms. The smallest absolute Gasteiger partial charge is 0.263 e. The number of likely N-dealkylation sites (tertiary alicyclic amines) is 1. The number of rotatable bonds is 5. The van der Waals surface area contributed by atoms with E-state index < -0.39 is 11.6 Å². The van der Waals surface area contributed by atoms with Gasteiger partial charge in [-0.25, -0.2) is 4.99 Å². The van der Waals surface area contributed by atoms with Crippen LogP contribution in [-0.4, -0.2) is 80.9 Å². The summed E-state index contributed by atoms with van der Waals surface area (Å²) in [4.78, 5) is 43.2. The first-order chi connectivity index (χ1) is 21.2. The summed E-state index contributed by atoms with van der Waals surface area (Å²) >= 11 is 14.1. The lowest BCUT2D eigenvalue weighted by molar-refractivity contribution is -0.146. The molecule has 0 N–H and O–H groups in total. The highest BCUT2D eigenvalue weighted by Gasteiger charge is 2.54. The van der Waals surface area contributed by atoms with Gasteiger partial charge in [0.25, 0.3) is 5.91 Å². The van der Waals surface area contributed by atoms with Gasteiger partial charge in [-0.3, -0.25) is 14.5 Å². The first-order valence-corrected chi connectivity index (χ1v) is 17.5. The largest absolute Gasteiger partial charge is 0.338 e. The Bertz CT molecular complexity index is 1560. The molecule has 2 unspecified atom stereocenters. The minimum atomic E-state index is -0.636. The predicted octanol–water partition coefficient (Wildman–Crippen LogP) is 7.17. The molecule has 6 rings (SSSR count). The number of allylic oxidation sites excluding steroid dienone is 1. The molecule has 0 radical (unpaired) electrons. The van der Waals surface area contributed by atoms with Gasteiger partial charge in [-0.1, -0.05) is 61.3 Å². The highest BCUT2D eigenvalue weighted by atomic mass is 35.5. The van der Waals surface area contributed by atoms with E-state index in [2.05, 4.69) is 70.5 Å². The minimum Gasteiger partial charge on any atom is -0.338 e. The molecule has 4 aliphatic heterocycles. The van der Waals surface area contributed by atoms with E-state index >= 15 is 0 Å². The second kappa shape index (κ2) is 11.9. The fourth-order valence-electron chi connectivity index (χ4n) is 7.39. The minimum absolute atomic E-state index is 0.0304. The van der Waals surface area contributed by atoms with E-state index in [1.54, 1.807) is 0 Å². The van der Waals surface area contributed by atoms with Gasteiger partial charge in [-0.15, -0.1) is 0 Å². The Kier molecular flexibility index (Phi) is 8.60. The third-order valence-electron chi connectivity index (χ3n) is 10.2. The number of aliphatic imine (C=N–C) groups is 1. The van der Waals surface area contributed by atoms with Crippen molar-refractivity contribution < 1.29 is 9.59 Å². The summed E-state index contributed by atoms with van der Waals surface area (Å²) in [7, 11) is 2.11. The monoisotopic (exact) mass is 667 g/mol. The SMILES string of the molecule is CC(C)C1=C(C(=O)N2[C@H](C)CC[C@H]2C(=O)N2CCN(C)C(C)(C)C2)SC2=NC(C)(c3ccc(Cl)cc3)C(c3ccc(Cl)cc3)N21. The highest BCUT2D eigenvalue weighted by Crippen LogP contribution is 2.56. The third-order valence-corrected chi connectivity index (χ3v) is 11.7. The van der Waals surface area contributed by atoms with E-state index in [0.29, 0.717) is 34.5 Å². The fourth-order valence-corrected chi connectivity index (χ4v) is 8.99. The quantitative estimate of drug-likeness (QED) is 0.338. The number of halogens is 2. The Morgan fingerprint density at radius 2 is 1.58 bits per heavy atom. The molecular weight excluding hydrogens is 625 g/mol. The second-order valence-corrected chi connectivity index (χ2v) is 15.8. The summed E-state index contributed by atoms with van der Waals surface area (Å²) in [5.74, 6) is 0.0355. The van der Waals surface area contributed by atoms with E-state index in [9.17, 15) is 9.59 Å². The number of benzene rings is 2. The summed E-state index contributed by atoms with van der Waals surface area (Å²) in [6.45, 7) is 15.0. The molecule has 240 valence electrons. The number of nitrogens with zero attached hydrogens (tertiary/aromatic N) is 5. The van der Waals surface area contributed by atoms with E-state index in [1.807, 2.05) is 46.2 Å². The van der Waals surface area contributed by atoms with Gasteiger partial charge >= 0.3 is 0 Å². The molecule has 0 aliphatic carbocycles. The van der Waals surface area contributed by atoms with Crippen molar-refractivity contribution in [3.63, 3.8) is 0 Å². The van der Waals surface area contributed by atoms with Gasteiger partial charge in [0.15, 0.2) is 5.17 Å². The number of piperazine rings is 1. The Morgan fingerprint density at radius 1 is 0.956 bits per heavy atom. The maximum absolute atomic E-state index is 14.7. The number of amidine groups is 1. The summed E-state index contributed by atoms with van der Waals surface area (Å²) in [6, 6.07) is 15.1. The molecule has 4 aliphatic rings. The van der Waals surface area contributed by atoms with E-state index in [4.69, 9.17) is 28.2 Å². The molecule has 0 spiro atoms.